The molecule has 0 unspecified atom stereocenters. The highest BCUT2D eigenvalue weighted by Crippen LogP contribution is 2.38. The van der Waals surface area contributed by atoms with E-state index in [1.807, 2.05) is 0 Å². The summed E-state index contributed by atoms with van der Waals surface area (Å²) < 4.78 is 10.9. The number of hydrogen-bond donors (Lipinski definition) is 6. The van der Waals surface area contributed by atoms with Gasteiger partial charge in [0, 0.05) is 11.1 Å². The Balaban J connectivity index is 1.80. The molecule has 0 saturated carbocycles. The average molecular weight is 432 g/mol. The van der Waals surface area contributed by atoms with Crippen LogP contribution in [-0.2, 0) is 11.3 Å². The molecular weight excluding hydrogens is 412 g/mol. The van der Waals surface area contributed by atoms with Gasteiger partial charge < -0.3 is 40.1 Å². The van der Waals surface area contributed by atoms with Gasteiger partial charge in [0.25, 0.3) is 0 Å². The van der Waals surface area contributed by atoms with Crippen molar-refractivity contribution in [2.75, 3.05) is 6.61 Å². The van der Waals surface area contributed by atoms with Crippen LogP contribution in [0.2, 0.25) is 0 Å². The van der Waals surface area contributed by atoms with Crippen molar-refractivity contribution in [3.05, 3.63) is 58.1 Å². The van der Waals surface area contributed by atoms with Crippen molar-refractivity contribution in [3.63, 3.8) is 0 Å². The van der Waals surface area contributed by atoms with Crippen LogP contribution >= 0.6 is 0 Å². The largest absolute Gasteiger partial charge is 0.507 e. The third-order valence-electron chi connectivity index (χ3n) is 5.42. The smallest absolute Gasteiger partial charge is 0.229 e. The number of phenols is 1. The van der Waals surface area contributed by atoms with Crippen molar-refractivity contribution >= 4 is 11.6 Å². The van der Waals surface area contributed by atoms with E-state index in [1.54, 1.807) is 0 Å². The van der Waals surface area contributed by atoms with Gasteiger partial charge in [0.2, 0.25) is 12.1 Å². The van der Waals surface area contributed by atoms with E-state index in [-0.39, 0.29) is 33.6 Å². The van der Waals surface area contributed by atoms with E-state index in [0.29, 0.717) is 0 Å². The number of ketones is 2. The summed E-state index contributed by atoms with van der Waals surface area (Å²) >= 11 is 0. The summed E-state index contributed by atoms with van der Waals surface area (Å²) in [6.45, 7) is -1.18. The normalized spacial score (nSPS) is 27.6. The Labute approximate surface area is 175 Å². The van der Waals surface area contributed by atoms with E-state index >= 15 is 0 Å². The molecule has 10 nitrogen and oxygen atoms in total. The van der Waals surface area contributed by atoms with Crippen molar-refractivity contribution < 1.29 is 49.7 Å². The molecule has 10 heteroatoms. The fraction of sp³-hybridized carbons (Fsp3) is 0.333. The Kier molecular flexibility index (Phi) is 5.52. The van der Waals surface area contributed by atoms with Crippen LogP contribution in [0, 0.1) is 0 Å². The molecule has 2 aliphatic rings. The summed E-state index contributed by atoms with van der Waals surface area (Å²) in [6.07, 6.45) is -7.93. The van der Waals surface area contributed by atoms with Crippen LogP contribution in [0.1, 0.15) is 37.4 Å². The van der Waals surface area contributed by atoms with Crippen molar-refractivity contribution in [1.82, 2.24) is 0 Å². The SMILES string of the molecule is O=C1c2cccc(O)c2C(=O)c2c(O[C@@H]3O[C@H](CO)[C@@H](O)[C@H](O)[C@H]3O)cc(CO)cc21. The molecule has 5 atom stereocenters. The highest BCUT2D eigenvalue weighted by molar-refractivity contribution is 6.30. The summed E-state index contributed by atoms with van der Waals surface area (Å²) in [4.78, 5) is 26.2. The van der Waals surface area contributed by atoms with E-state index in [1.165, 1.54) is 30.3 Å². The average Bonchev–Trinajstić information content (AvgIpc) is 2.77. The lowest BCUT2D eigenvalue weighted by molar-refractivity contribution is -0.277. The number of benzene rings is 2. The Hall–Kier alpha value is -2.86. The first-order valence-corrected chi connectivity index (χ1v) is 9.44. The molecule has 0 radical (unpaired) electrons. The summed E-state index contributed by atoms with van der Waals surface area (Å²) in [5, 5.41) is 59.2. The van der Waals surface area contributed by atoms with E-state index in [9.17, 15) is 40.2 Å². The molecule has 4 rings (SSSR count). The number of carbonyl (C=O) groups is 2. The predicted molar refractivity (Wildman–Crippen MR) is 102 cm³/mol. The molecule has 1 aliphatic heterocycles. The first kappa shape index (κ1) is 21.4. The summed E-state index contributed by atoms with van der Waals surface area (Å²) in [7, 11) is 0. The number of aromatic hydroxyl groups is 1. The maximum atomic E-state index is 13.2. The number of carbonyl (C=O) groups excluding carboxylic acids is 2. The van der Waals surface area contributed by atoms with Crippen LogP contribution in [0.15, 0.2) is 30.3 Å². The highest BCUT2D eigenvalue weighted by Gasteiger charge is 2.45. The van der Waals surface area contributed by atoms with Crippen LogP contribution in [0.3, 0.4) is 0 Å². The Morgan fingerprint density at radius 1 is 0.903 bits per heavy atom. The summed E-state index contributed by atoms with van der Waals surface area (Å²) in [5.74, 6) is -1.93. The lowest BCUT2D eigenvalue weighted by atomic mass is 9.82. The van der Waals surface area contributed by atoms with Gasteiger partial charge in [-0.2, -0.15) is 0 Å². The van der Waals surface area contributed by atoms with Gasteiger partial charge in [-0.1, -0.05) is 12.1 Å². The monoisotopic (exact) mass is 432 g/mol. The summed E-state index contributed by atoms with van der Waals surface area (Å²) in [5.41, 5.74) is -0.285. The molecule has 1 saturated heterocycles. The zero-order valence-corrected chi connectivity index (χ0v) is 16.0. The predicted octanol–water partition coefficient (Wildman–Crippen LogP) is -1.16. The molecular formula is C21H20O10. The molecule has 0 aromatic heterocycles. The van der Waals surface area contributed by atoms with E-state index in [2.05, 4.69) is 0 Å². The number of phenolic OH excluding ortho intramolecular Hbond substituents is 1. The fourth-order valence-corrected chi connectivity index (χ4v) is 3.80. The molecule has 1 fully saturated rings. The van der Waals surface area contributed by atoms with Crippen LogP contribution in [0.25, 0.3) is 0 Å². The second-order valence-corrected chi connectivity index (χ2v) is 7.35. The van der Waals surface area contributed by atoms with Crippen LogP contribution in [-0.4, -0.2) is 79.5 Å². The zero-order valence-electron chi connectivity index (χ0n) is 16.0. The van der Waals surface area contributed by atoms with Crippen molar-refractivity contribution in [2.24, 2.45) is 0 Å². The summed E-state index contributed by atoms with van der Waals surface area (Å²) in [6, 6.07) is 6.65. The lowest BCUT2D eigenvalue weighted by Crippen LogP contribution is -2.60. The molecule has 0 spiro atoms. The van der Waals surface area contributed by atoms with Gasteiger partial charge in [-0.05, 0) is 23.8 Å². The van der Waals surface area contributed by atoms with Gasteiger partial charge in [0.15, 0.2) is 5.78 Å². The molecule has 31 heavy (non-hydrogen) atoms. The minimum atomic E-state index is -1.75. The molecule has 164 valence electrons. The van der Waals surface area contributed by atoms with Gasteiger partial charge in [-0.3, -0.25) is 9.59 Å². The molecule has 1 aliphatic carbocycles. The van der Waals surface area contributed by atoms with Crippen LogP contribution in [0.5, 0.6) is 11.5 Å². The first-order valence-electron chi connectivity index (χ1n) is 9.44. The second kappa shape index (κ2) is 8.00. The topological polar surface area (TPSA) is 174 Å². The first-order chi connectivity index (χ1) is 14.8. The van der Waals surface area contributed by atoms with Crippen molar-refractivity contribution in [1.29, 1.82) is 0 Å². The third-order valence-corrected chi connectivity index (χ3v) is 5.42. The van der Waals surface area contributed by atoms with Gasteiger partial charge in [0.1, 0.15) is 35.9 Å². The Morgan fingerprint density at radius 3 is 2.32 bits per heavy atom. The molecule has 0 bridgehead atoms. The number of fused-ring (bicyclic) bond motifs is 2. The molecule has 2 aromatic rings. The van der Waals surface area contributed by atoms with E-state index < -0.39 is 61.2 Å². The number of aliphatic hydroxyl groups excluding tert-OH is 5. The van der Waals surface area contributed by atoms with Gasteiger partial charge in [-0.15, -0.1) is 0 Å². The van der Waals surface area contributed by atoms with Gasteiger partial charge >= 0.3 is 0 Å². The highest BCUT2D eigenvalue weighted by atomic mass is 16.7. The standard InChI is InChI=1S/C21H20O10/c22-6-8-4-10-15(18(27)14-9(16(10)25)2-1-3-11(14)24)12(5-8)30-21-20(29)19(28)17(26)13(7-23)31-21/h1-5,13,17,19-24,26,28-29H,6-7H2/t13-,17-,19+,20-,21-/m1/s1. The Bertz CT molecular complexity index is 1050. The lowest BCUT2D eigenvalue weighted by Gasteiger charge is -2.39. The number of rotatable bonds is 4. The fourth-order valence-electron chi connectivity index (χ4n) is 3.80. The van der Waals surface area contributed by atoms with Crippen molar-refractivity contribution in [2.45, 2.75) is 37.3 Å². The number of ether oxygens (including phenoxy) is 2. The molecule has 0 amide bonds. The quantitative estimate of drug-likeness (QED) is 0.295. The maximum Gasteiger partial charge on any atom is 0.229 e. The minimum Gasteiger partial charge on any atom is -0.507 e. The number of hydrogen-bond acceptors (Lipinski definition) is 10. The van der Waals surface area contributed by atoms with Gasteiger partial charge in [0.05, 0.1) is 24.3 Å². The minimum absolute atomic E-state index is 0.00798. The maximum absolute atomic E-state index is 13.2. The van der Waals surface area contributed by atoms with Crippen LogP contribution < -0.4 is 4.74 Å². The zero-order chi connectivity index (χ0) is 22.4. The van der Waals surface area contributed by atoms with Gasteiger partial charge in [-0.25, -0.2) is 0 Å². The number of aliphatic hydroxyl groups is 5. The van der Waals surface area contributed by atoms with E-state index in [4.69, 9.17) is 9.47 Å². The molecule has 1 heterocycles. The van der Waals surface area contributed by atoms with Crippen LogP contribution in [0.4, 0.5) is 0 Å². The second-order valence-electron chi connectivity index (χ2n) is 7.35. The third kappa shape index (κ3) is 3.39. The van der Waals surface area contributed by atoms with E-state index in [0.717, 1.165) is 0 Å². The van der Waals surface area contributed by atoms with Crippen molar-refractivity contribution in [3.8, 4) is 11.5 Å². The Morgan fingerprint density at radius 2 is 1.65 bits per heavy atom. The molecule has 6 N–H and O–H groups in total. The molecule has 2 aromatic carbocycles.